The van der Waals surface area contributed by atoms with Crippen LogP contribution in [0.2, 0.25) is 0 Å². The van der Waals surface area contributed by atoms with E-state index in [9.17, 15) is 0 Å². The summed E-state index contributed by atoms with van der Waals surface area (Å²) in [5.74, 6) is 1.87. The van der Waals surface area contributed by atoms with Gasteiger partial charge in [0.25, 0.3) is 0 Å². The molecule has 0 unspecified atom stereocenters. The number of thiophene rings is 1. The van der Waals surface area contributed by atoms with Gasteiger partial charge in [0.2, 0.25) is 0 Å². The van der Waals surface area contributed by atoms with E-state index in [0.29, 0.717) is 17.5 Å². The number of nitrogens with zero attached hydrogens (tertiary/aromatic N) is 5. The van der Waals surface area contributed by atoms with Gasteiger partial charge in [-0.3, -0.25) is 0 Å². The van der Waals surface area contributed by atoms with Crippen molar-refractivity contribution in [3.8, 4) is 67.8 Å². The zero-order chi connectivity index (χ0) is 45.4. The van der Waals surface area contributed by atoms with E-state index in [-0.39, 0.29) is 0 Å². The van der Waals surface area contributed by atoms with E-state index in [0.717, 1.165) is 71.0 Å². The maximum atomic E-state index is 5.58. The number of rotatable bonds is 7. The molecule has 0 amide bonds. The van der Waals surface area contributed by atoms with Gasteiger partial charge in [0.1, 0.15) is 0 Å². The fraction of sp³-hybridized carbons (Fsp3) is 0. The summed E-state index contributed by atoms with van der Waals surface area (Å²) in [6.45, 7) is 0. The fourth-order valence-electron chi connectivity index (χ4n) is 10.4. The third-order valence-corrected chi connectivity index (χ3v) is 14.8. The first-order valence-electron chi connectivity index (χ1n) is 23.3. The van der Waals surface area contributed by atoms with E-state index in [1.54, 1.807) is 11.3 Å². The van der Waals surface area contributed by atoms with Crippen LogP contribution in [0.4, 0.5) is 0 Å². The predicted octanol–water partition coefficient (Wildman–Crippen LogP) is 16.8. The van der Waals surface area contributed by atoms with Crippen LogP contribution >= 0.6 is 11.3 Å². The lowest BCUT2D eigenvalue weighted by Gasteiger charge is -2.13. The van der Waals surface area contributed by atoms with Gasteiger partial charge in [-0.15, -0.1) is 11.3 Å². The molecule has 0 aliphatic rings. The Morgan fingerprint density at radius 3 is 1.51 bits per heavy atom. The average Bonchev–Trinajstić information content (AvgIpc) is 4.09. The highest BCUT2D eigenvalue weighted by molar-refractivity contribution is 7.26. The molecule has 0 bridgehead atoms. The molecule has 0 radical (unpaired) electrons. The summed E-state index contributed by atoms with van der Waals surface area (Å²) in [6, 6.07) is 84.5. The van der Waals surface area contributed by atoms with Crippen LogP contribution < -0.4 is 0 Å². The molecule has 4 heterocycles. The van der Waals surface area contributed by atoms with Crippen LogP contribution in [0.1, 0.15) is 0 Å². The van der Waals surface area contributed by atoms with Crippen molar-refractivity contribution in [3.05, 3.63) is 237 Å². The number of fused-ring (bicyclic) bond motifs is 9. The molecule has 14 aromatic rings. The molecule has 14 rings (SSSR count). The minimum atomic E-state index is 0.622. The van der Waals surface area contributed by atoms with Crippen molar-refractivity contribution < 1.29 is 0 Å². The second-order valence-corrected chi connectivity index (χ2v) is 18.6. The van der Waals surface area contributed by atoms with Crippen molar-refractivity contribution in [2.24, 2.45) is 0 Å². The molecule has 69 heavy (non-hydrogen) atoms. The van der Waals surface area contributed by atoms with E-state index in [1.807, 2.05) is 18.2 Å². The largest absolute Gasteiger partial charge is 0.309 e. The number of para-hydroxylation sites is 4. The standard InChI is InChI=1S/C63H39N5S/c1-4-18-40(19-5-1)42-22-16-23-43(36-42)44-34-35-49-52-38-46(68-54-30-13-10-26-47(54)48-27-11-14-31-55(48)68)39-53(60(52)69-58(49)37-44)63-65-61(41-20-6-2-7-21-41)64-62(66-63)51-29-17-33-57-59(51)50-28-12-15-32-56(50)67(57)45-24-8-3-9-25-45/h1-39H. The van der Waals surface area contributed by atoms with E-state index in [2.05, 4.69) is 228 Å². The smallest absolute Gasteiger partial charge is 0.165 e. The summed E-state index contributed by atoms with van der Waals surface area (Å²) in [5, 5.41) is 7.01. The van der Waals surface area contributed by atoms with Crippen molar-refractivity contribution >= 4 is 75.1 Å². The molecule has 5 nitrogen and oxygen atoms in total. The first kappa shape index (κ1) is 39.2. The normalized spacial score (nSPS) is 11.8. The van der Waals surface area contributed by atoms with E-state index >= 15 is 0 Å². The van der Waals surface area contributed by atoms with Gasteiger partial charge in [0, 0.05) is 69.8 Å². The van der Waals surface area contributed by atoms with Crippen LogP contribution in [0.25, 0.3) is 132 Å². The van der Waals surface area contributed by atoms with Gasteiger partial charge in [-0.1, -0.05) is 176 Å². The molecular formula is C63H39N5S. The molecule has 0 atom stereocenters. The van der Waals surface area contributed by atoms with Gasteiger partial charge in [-0.05, 0) is 82.9 Å². The molecule has 4 aromatic heterocycles. The first-order chi connectivity index (χ1) is 34.2. The van der Waals surface area contributed by atoms with Crippen molar-refractivity contribution in [1.29, 1.82) is 0 Å². The van der Waals surface area contributed by atoms with Crippen LogP contribution in [0.15, 0.2) is 237 Å². The molecule has 10 aromatic carbocycles. The highest BCUT2D eigenvalue weighted by Crippen LogP contribution is 2.45. The van der Waals surface area contributed by atoms with E-state index < -0.39 is 0 Å². The number of benzene rings is 10. The summed E-state index contributed by atoms with van der Waals surface area (Å²) in [4.78, 5) is 16.4. The zero-order valence-corrected chi connectivity index (χ0v) is 38.0. The molecular weight excluding hydrogens is 859 g/mol. The lowest BCUT2D eigenvalue weighted by molar-refractivity contribution is 1.08. The van der Waals surface area contributed by atoms with Crippen molar-refractivity contribution in [1.82, 2.24) is 24.1 Å². The minimum Gasteiger partial charge on any atom is -0.309 e. The monoisotopic (exact) mass is 897 g/mol. The predicted molar refractivity (Wildman–Crippen MR) is 289 cm³/mol. The van der Waals surface area contributed by atoms with E-state index in [4.69, 9.17) is 15.0 Å². The molecule has 0 N–H and O–H groups in total. The molecule has 0 spiro atoms. The Hall–Kier alpha value is -8.97. The SMILES string of the molecule is c1ccc(-c2cccc(-c3ccc4c(c3)sc3c(-c5nc(-c6ccccc6)nc(-c6cccc7c6c6ccccc6n7-c6ccccc6)n5)cc(-n5c6ccccc6c6ccccc65)cc34)c2)cc1. The van der Waals surface area contributed by atoms with Gasteiger partial charge in [0.05, 0.1) is 22.1 Å². The molecule has 0 saturated heterocycles. The van der Waals surface area contributed by atoms with Gasteiger partial charge in [-0.2, -0.15) is 0 Å². The summed E-state index contributed by atoms with van der Waals surface area (Å²) in [5.41, 5.74) is 14.2. The average molecular weight is 898 g/mol. The van der Waals surface area contributed by atoms with Crippen LogP contribution in [-0.4, -0.2) is 24.1 Å². The first-order valence-corrected chi connectivity index (χ1v) is 24.1. The molecule has 0 aliphatic heterocycles. The summed E-state index contributed by atoms with van der Waals surface area (Å²) in [6.07, 6.45) is 0. The number of hydrogen-bond donors (Lipinski definition) is 0. The maximum absolute atomic E-state index is 5.58. The summed E-state index contributed by atoms with van der Waals surface area (Å²) >= 11 is 1.80. The second kappa shape index (κ2) is 15.8. The fourth-order valence-corrected chi connectivity index (χ4v) is 11.7. The third-order valence-electron chi connectivity index (χ3n) is 13.6. The highest BCUT2D eigenvalue weighted by atomic mass is 32.1. The summed E-state index contributed by atoms with van der Waals surface area (Å²) < 4.78 is 7.07. The molecule has 6 heteroatoms. The Labute approximate surface area is 401 Å². The van der Waals surface area contributed by atoms with Gasteiger partial charge in [0.15, 0.2) is 17.5 Å². The van der Waals surface area contributed by atoms with Crippen molar-refractivity contribution in [2.75, 3.05) is 0 Å². The Kier molecular flexibility index (Phi) is 9.00. The Morgan fingerprint density at radius 1 is 0.290 bits per heavy atom. The second-order valence-electron chi connectivity index (χ2n) is 17.6. The molecule has 322 valence electrons. The van der Waals surface area contributed by atoms with Gasteiger partial charge >= 0.3 is 0 Å². The maximum Gasteiger partial charge on any atom is 0.165 e. The number of aromatic nitrogens is 5. The lowest BCUT2D eigenvalue weighted by Crippen LogP contribution is -2.02. The number of hydrogen-bond acceptors (Lipinski definition) is 4. The van der Waals surface area contributed by atoms with Gasteiger partial charge < -0.3 is 9.13 Å². The minimum absolute atomic E-state index is 0.622. The Morgan fingerprint density at radius 2 is 0.797 bits per heavy atom. The Bertz CT molecular complexity index is 4250. The quantitative estimate of drug-likeness (QED) is 0.160. The topological polar surface area (TPSA) is 48.5 Å². The van der Waals surface area contributed by atoms with Crippen molar-refractivity contribution in [2.45, 2.75) is 0 Å². The van der Waals surface area contributed by atoms with Crippen LogP contribution in [0, 0.1) is 0 Å². The van der Waals surface area contributed by atoms with Gasteiger partial charge in [-0.25, -0.2) is 15.0 Å². The molecule has 0 fully saturated rings. The Balaban J connectivity index is 1.05. The highest BCUT2D eigenvalue weighted by Gasteiger charge is 2.23. The van der Waals surface area contributed by atoms with Crippen molar-refractivity contribution in [3.63, 3.8) is 0 Å². The molecule has 0 saturated carbocycles. The van der Waals surface area contributed by atoms with Crippen LogP contribution in [0.5, 0.6) is 0 Å². The summed E-state index contributed by atoms with van der Waals surface area (Å²) in [7, 11) is 0. The lowest BCUT2D eigenvalue weighted by atomic mass is 9.98. The zero-order valence-electron chi connectivity index (χ0n) is 37.2. The third kappa shape index (κ3) is 6.41. The van der Waals surface area contributed by atoms with Crippen LogP contribution in [0.3, 0.4) is 0 Å². The molecule has 0 aliphatic carbocycles. The van der Waals surface area contributed by atoms with Crippen LogP contribution in [-0.2, 0) is 0 Å². The van der Waals surface area contributed by atoms with E-state index in [1.165, 1.54) is 43.1 Å².